The number of fused-ring (bicyclic) bond motifs is 1. The molecule has 0 unspecified atom stereocenters. The fourth-order valence-electron chi connectivity index (χ4n) is 1.74. The van der Waals surface area contributed by atoms with Gasteiger partial charge in [-0.2, -0.15) is 0 Å². The molecule has 0 fully saturated rings. The number of thiophene rings is 1. The van der Waals surface area contributed by atoms with E-state index in [0.29, 0.717) is 0 Å². The van der Waals surface area contributed by atoms with E-state index in [-0.39, 0.29) is 14.6 Å². The average Bonchev–Trinajstić information content (AvgIpc) is 2.94. The predicted octanol–water partition coefficient (Wildman–Crippen LogP) is 4.78. The molecule has 2 aromatic rings. The molecule has 0 aliphatic carbocycles. The molecule has 6 heteroatoms. The van der Waals surface area contributed by atoms with Crippen LogP contribution in [0.5, 0.6) is 0 Å². The Balaban J connectivity index is 1.78. The van der Waals surface area contributed by atoms with Crippen LogP contribution in [0.3, 0.4) is 0 Å². The summed E-state index contributed by atoms with van der Waals surface area (Å²) in [5, 5.41) is 3.45. The van der Waals surface area contributed by atoms with E-state index in [2.05, 4.69) is 48.2 Å². The monoisotopic (exact) mass is 387 g/mol. The van der Waals surface area contributed by atoms with E-state index in [1.165, 1.54) is 14.2 Å². The van der Waals surface area contributed by atoms with Gasteiger partial charge in [-0.25, -0.2) is 0 Å². The third kappa shape index (κ3) is 2.38. The van der Waals surface area contributed by atoms with E-state index in [0.717, 1.165) is 23.6 Å². The van der Waals surface area contributed by atoms with Crippen molar-refractivity contribution in [3.8, 4) is 0 Å². The molecule has 18 heavy (non-hydrogen) atoms. The van der Waals surface area contributed by atoms with Crippen LogP contribution >= 0.6 is 27.3 Å². The van der Waals surface area contributed by atoms with Crippen LogP contribution in [0.15, 0.2) is 36.7 Å². The Morgan fingerprint density at radius 2 is 2.28 bits per heavy atom. The van der Waals surface area contributed by atoms with Gasteiger partial charge in [0.25, 0.3) is 0 Å². The Bertz CT molecular complexity index is 654. The van der Waals surface area contributed by atoms with Gasteiger partial charge in [0.15, 0.2) is 0 Å². The van der Waals surface area contributed by atoms with Gasteiger partial charge in [0.2, 0.25) is 0 Å². The van der Waals surface area contributed by atoms with E-state index < -0.39 is 0 Å². The average molecular weight is 387 g/mol. The van der Waals surface area contributed by atoms with Crippen molar-refractivity contribution >= 4 is 58.9 Å². The Labute approximate surface area is 124 Å². The molecule has 0 radical (unpaired) electrons. The predicted molar refractivity (Wildman–Crippen MR) is 80.5 cm³/mol. The molecule has 1 aromatic heterocycles. The molecule has 0 bridgehead atoms. The summed E-state index contributed by atoms with van der Waals surface area (Å²) in [6.07, 6.45) is 0. The number of halogens is 1. The molecule has 3 nitrogen and oxygen atoms in total. The van der Waals surface area contributed by atoms with Crippen molar-refractivity contribution in [1.29, 1.82) is 0 Å². The second-order valence-corrected chi connectivity index (χ2v) is 7.21. The van der Waals surface area contributed by atoms with Gasteiger partial charge in [-0.05, 0) is 0 Å². The minimum atomic E-state index is 0.0304. The Morgan fingerprint density at radius 1 is 1.39 bits per heavy atom. The molecule has 1 aliphatic heterocycles. The molecule has 0 atom stereocenters. The van der Waals surface area contributed by atoms with Gasteiger partial charge in [-0.1, -0.05) is 0 Å². The van der Waals surface area contributed by atoms with Crippen LogP contribution < -0.4 is 5.32 Å². The summed E-state index contributed by atoms with van der Waals surface area (Å²) < 4.78 is 10.0. The molecular weight excluding hydrogens is 377 g/mol. The van der Waals surface area contributed by atoms with Gasteiger partial charge in [0, 0.05) is 0 Å². The van der Waals surface area contributed by atoms with E-state index in [1.807, 2.05) is 23.5 Å². The Hall–Kier alpha value is -0.681. The van der Waals surface area contributed by atoms with Crippen molar-refractivity contribution in [2.24, 2.45) is 7.92 Å². The Kier molecular flexibility index (Phi) is 3.52. The number of rotatable bonds is 3. The zero-order valence-electron chi connectivity index (χ0n) is 9.61. The molecule has 0 saturated heterocycles. The zero-order chi connectivity index (χ0) is 12.5. The minimum absolute atomic E-state index is 0.0304. The fraction of sp³-hybridized carbons (Fsp3) is 0.167. The van der Waals surface area contributed by atoms with Crippen molar-refractivity contribution in [3.05, 3.63) is 38.5 Å². The van der Waals surface area contributed by atoms with Crippen molar-refractivity contribution in [2.75, 3.05) is 5.32 Å². The van der Waals surface area contributed by atoms with Crippen molar-refractivity contribution in [1.82, 2.24) is 0 Å². The van der Waals surface area contributed by atoms with E-state index in [1.54, 1.807) is 0 Å². The molecule has 1 aliphatic rings. The Morgan fingerprint density at radius 3 is 3.06 bits per heavy atom. The number of benzene rings is 1. The summed E-state index contributed by atoms with van der Waals surface area (Å²) in [6.45, 7) is 2.95. The number of hydrogen-bond donors (Lipinski definition) is 1. The van der Waals surface area contributed by atoms with Gasteiger partial charge < -0.3 is 0 Å². The van der Waals surface area contributed by atoms with Gasteiger partial charge in [-0.3, -0.25) is 0 Å². The normalized spacial score (nSPS) is 12.3. The van der Waals surface area contributed by atoms with Crippen LogP contribution in [0.1, 0.15) is 9.75 Å². The number of hydrogen-bond acceptors (Lipinski definition) is 4. The second kappa shape index (κ2) is 5.13. The molecular formula is C12H10BrN3SSe. The maximum absolute atomic E-state index is 4.46. The number of nitrogens with one attached hydrogen (secondary N) is 1. The first kappa shape index (κ1) is 12.4. The van der Waals surface area contributed by atoms with Gasteiger partial charge >= 0.3 is 124 Å². The van der Waals surface area contributed by atoms with Crippen LogP contribution in [0.4, 0.5) is 17.1 Å². The first-order valence-corrected chi connectivity index (χ1v) is 8.58. The van der Waals surface area contributed by atoms with E-state index in [9.17, 15) is 0 Å². The van der Waals surface area contributed by atoms with Crippen molar-refractivity contribution in [3.63, 3.8) is 0 Å². The van der Waals surface area contributed by atoms with Crippen LogP contribution in [-0.4, -0.2) is 14.6 Å². The summed E-state index contributed by atoms with van der Waals surface area (Å²) in [4.78, 5) is 2.63. The van der Waals surface area contributed by atoms with Crippen LogP contribution in [0.2, 0.25) is 0 Å². The molecule has 0 spiro atoms. The van der Waals surface area contributed by atoms with Crippen molar-refractivity contribution < 1.29 is 0 Å². The molecule has 92 valence electrons. The number of nitrogens with zero attached hydrogens (tertiary/aromatic N) is 2. The van der Waals surface area contributed by atoms with Crippen LogP contribution in [-0.2, 0) is 6.54 Å². The number of anilines is 1. The SMILES string of the molecule is Cc1sc(CNc2cccc3c2N=[Se]=N3)cc1Br. The molecule has 1 aromatic carbocycles. The summed E-state index contributed by atoms with van der Waals surface area (Å²) in [5.41, 5.74) is 3.12. The van der Waals surface area contributed by atoms with Crippen LogP contribution in [0.25, 0.3) is 0 Å². The third-order valence-corrected chi connectivity index (χ3v) is 5.92. The summed E-state index contributed by atoms with van der Waals surface area (Å²) >= 11 is 5.38. The van der Waals surface area contributed by atoms with Gasteiger partial charge in [-0.15, -0.1) is 0 Å². The second-order valence-electron chi connectivity index (χ2n) is 3.91. The molecule has 1 N–H and O–H groups in total. The molecule has 3 rings (SSSR count). The van der Waals surface area contributed by atoms with E-state index in [4.69, 9.17) is 0 Å². The number of aryl methyl sites for hydroxylation is 1. The summed E-state index contributed by atoms with van der Waals surface area (Å²) in [6, 6.07) is 8.28. The third-order valence-electron chi connectivity index (χ3n) is 2.65. The summed E-state index contributed by atoms with van der Waals surface area (Å²) in [5.74, 6) is 0. The zero-order valence-corrected chi connectivity index (χ0v) is 13.7. The first-order chi connectivity index (χ1) is 8.74. The topological polar surface area (TPSA) is 36.8 Å². The standard InChI is InChI=1S/C12H10BrN3SSe/c1-7-9(13)5-8(17-7)6-14-10-3-2-4-11-12(10)16-18-15-11/h2-5,14H,6H2,1H3. The molecule has 2 heterocycles. The molecule has 0 amide bonds. The first-order valence-electron chi connectivity index (χ1n) is 5.44. The maximum atomic E-state index is 4.46. The van der Waals surface area contributed by atoms with Crippen LogP contribution in [0, 0.1) is 6.92 Å². The quantitative estimate of drug-likeness (QED) is 0.646. The van der Waals surface area contributed by atoms with Gasteiger partial charge in [0.1, 0.15) is 0 Å². The van der Waals surface area contributed by atoms with E-state index >= 15 is 0 Å². The summed E-state index contributed by atoms with van der Waals surface area (Å²) in [7, 11) is 0. The fourth-order valence-corrected chi connectivity index (χ4v) is 4.43. The molecule has 0 saturated carbocycles. The van der Waals surface area contributed by atoms with Gasteiger partial charge in [0.05, 0.1) is 0 Å². The van der Waals surface area contributed by atoms with Crippen molar-refractivity contribution in [2.45, 2.75) is 13.5 Å².